The van der Waals surface area contributed by atoms with Gasteiger partial charge in [-0.3, -0.25) is 4.79 Å². The molecule has 24 heavy (non-hydrogen) atoms. The van der Waals surface area contributed by atoms with Crippen LogP contribution in [0.25, 0.3) is 0 Å². The highest BCUT2D eigenvalue weighted by Crippen LogP contribution is 2.18. The van der Waals surface area contributed by atoms with E-state index in [1.165, 1.54) is 50.7 Å². The van der Waals surface area contributed by atoms with Crippen molar-refractivity contribution in [1.29, 1.82) is 0 Å². The molecule has 0 saturated heterocycles. The number of ketones is 1. The molecule has 0 aromatic heterocycles. The van der Waals surface area contributed by atoms with Gasteiger partial charge in [-0.1, -0.05) is 76.2 Å². The molecule has 0 saturated carbocycles. The molecule has 0 aliphatic rings. The van der Waals surface area contributed by atoms with Crippen LogP contribution in [-0.2, 0) is 0 Å². The lowest BCUT2D eigenvalue weighted by Gasteiger charge is -2.11. The van der Waals surface area contributed by atoms with Crippen molar-refractivity contribution >= 4 is 11.8 Å². The van der Waals surface area contributed by atoms with Crippen LogP contribution in [0.5, 0.6) is 5.75 Å². The van der Waals surface area contributed by atoms with E-state index in [9.17, 15) is 14.7 Å². The van der Waals surface area contributed by atoms with Crippen LogP contribution in [-0.4, -0.2) is 16.9 Å². The molecule has 136 valence electrons. The summed E-state index contributed by atoms with van der Waals surface area (Å²) in [6.07, 6.45) is 11.1. The Hall–Kier alpha value is -1.88. The van der Waals surface area contributed by atoms with Crippen molar-refractivity contribution in [2.24, 2.45) is 0 Å². The second kappa shape index (κ2) is 12.5. The minimum atomic E-state index is -1.28. The molecular weight excluding hydrogens is 306 g/mol. The average Bonchev–Trinajstić information content (AvgIpc) is 2.53. The number of carbonyl (C=O) groups excluding carboxylic acids is 1. The van der Waals surface area contributed by atoms with E-state index in [2.05, 4.69) is 6.92 Å². The number of quaternary nitrogens is 1. The zero-order valence-electron chi connectivity index (χ0n) is 15.0. The number of hydrogen-bond donors (Lipinski definition) is 2. The Kier molecular flexibility index (Phi) is 11.5. The van der Waals surface area contributed by atoms with E-state index in [0.717, 1.165) is 25.3 Å². The number of hydrogen-bond acceptors (Lipinski definition) is 3. The zero-order valence-corrected chi connectivity index (χ0v) is 15.0. The predicted octanol–water partition coefficient (Wildman–Crippen LogP) is 4.94. The van der Waals surface area contributed by atoms with Crippen LogP contribution < -0.4 is 11.3 Å². The number of rotatable bonds is 12. The Morgan fingerprint density at radius 3 is 2.04 bits per heavy atom. The van der Waals surface area contributed by atoms with Crippen LogP contribution in [0.2, 0.25) is 0 Å². The Morgan fingerprint density at radius 2 is 1.50 bits per heavy atom. The first-order valence-corrected chi connectivity index (χ1v) is 8.63. The molecule has 5 heteroatoms. The van der Waals surface area contributed by atoms with Gasteiger partial charge >= 0.3 is 5.97 Å². The summed E-state index contributed by atoms with van der Waals surface area (Å²) in [4.78, 5) is 23.0. The van der Waals surface area contributed by atoms with Gasteiger partial charge in [0, 0.05) is 12.0 Å². The van der Waals surface area contributed by atoms with Gasteiger partial charge in [-0.15, -0.1) is 0 Å². The predicted molar refractivity (Wildman–Crippen MR) is 95.0 cm³/mol. The molecule has 1 rings (SSSR count). The minimum Gasteiger partial charge on any atom is -0.872 e. The van der Waals surface area contributed by atoms with Crippen molar-refractivity contribution in [2.75, 3.05) is 0 Å². The lowest BCUT2D eigenvalue weighted by Crippen LogP contribution is -2.07. The van der Waals surface area contributed by atoms with Crippen LogP contribution in [0.3, 0.4) is 0 Å². The largest absolute Gasteiger partial charge is 0.872 e. The highest BCUT2D eigenvalue weighted by Gasteiger charge is 2.10. The van der Waals surface area contributed by atoms with Gasteiger partial charge in [0.2, 0.25) is 0 Å². The first-order chi connectivity index (χ1) is 11.1. The number of unbranched alkanes of at least 4 members (excludes halogenated alkanes) is 8. The fourth-order valence-corrected chi connectivity index (χ4v) is 2.61. The monoisotopic (exact) mass is 337 g/mol. The highest BCUT2D eigenvalue weighted by atomic mass is 16.4. The van der Waals surface area contributed by atoms with Crippen molar-refractivity contribution < 1.29 is 19.8 Å². The second-order valence-corrected chi connectivity index (χ2v) is 6.02. The quantitative estimate of drug-likeness (QED) is 0.415. The van der Waals surface area contributed by atoms with Crippen molar-refractivity contribution in [3.05, 3.63) is 29.3 Å². The Labute approximate surface area is 144 Å². The summed E-state index contributed by atoms with van der Waals surface area (Å²) in [6.45, 7) is 2.21. The molecule has 0 amide bonds. The number of benzene rings is 1. The molecule has 5 N–H and O–H groups in total. The lowest BCUT2D eigenvalue weighted by molar-refractivity contribution is -0.268. The fraction of sp³-hybridized carbons (Fsp3) is 0.579. The molecule has 0 aliphatic heterocycles. The van der Waals surface area contributed by atoms with Gasteiger partial charge in [-0.05, 0) is 12.5 Å². The van der Waals surface area contributed by atoms with E-state index in [1.807, 2.05) is 0 Å². The maximum absolute atomic E-state index is 12.0. The minimum absolute atomic E-state index is 0. The summed E-state index contributed by atoms with van der Waals surface area (Å²) in [5, 5.41) is 20.3. The smallest absolute Gasteiger partial charge is 0.335 e. The molecule has 0 heterocycles. The molecular formula is C19H31NO4. The number of aromatic carboxylic acids is 1. The summed E-state index contributed by atoms with van der Waals surface area (Å²) in [5.74, 6) is -1.93. The first kappa shape index (κ1) is 22.1. The normalized spacial score (nSPS) is 10.2. The van der Waals surface area contributed by atoms with Gasteiger partial charge in [0.1, 0.15) is 0 Å². The van der Waals surface area contributed by atoms with E-state index in [0.29, 0.717) is 12.0 Å². The SMILES string of the molecule is CCCCCCCCCCCC(=O)c1ccc([O-])c(C(=O)O)c1.[NH4+]. The summed E-state index contributed by atoms with van der Waals surface area (Å²) < 4.78 is 0. The molecule has 0 unspecified atom stereocenters. The zero-order chi connectivity index (χ0) is 17.1. The van der Waals surface area contributed by atoms with Gasteiger partial charge in [0.15, 0.2) is 5.78 Å². The molecule has 0 spiro atoms. The van der Waals surface area contributed by atoms with Gasteiger partial charge in [0.05, 0.1) is 5.56 Å². The standard InChI is InChI=1S/C19H28O4.H3N/c1-2-3-4-5-6-7-8-9-10-11-17(20)15-12-13-18(21)16(14-15)19(22)23;/h12-14,21H,2-11H2,1H3,(H,22,23);1H3. The van der Waals surface area contributed by atoms with Crippen LogP contribution >= 0.6 is 0 Å². The number of carboxylic acids is 1. The number of carbonyl (C=O) groups is 2. The fourth-order valence-electron chi connectivity index (χ4n) is 2.61. The summed E-state index contributed by atoms with van der Waals surface area (Å²) in [5.41, 5.74) is -0.00973. The third-order valence-electron chi connectivity index (χ3n) is 4.04. The van der Waals surface area contributed by atoms with Crippen LogP contribution in [0, 0.1) is 0 Å². The van der Waals surface area contributed by atoms with E-state index in [4.69, 9.17) is 5.11 Å². The molecule has 5 nitrogen and oxygen atoms in total. The second-order valence-electron chi connectivity index (χ2n) is 6.02. The van der Waals surface area contributed by atoms with E-state index in [-0.39, 0.29) is 17.5 Å². The van der Waals surface area contributed by atoms with Crippen LogP contribution in [0.4, 0.5) is 0 Å². The van der Waals surface area contributed by atoms with Crippen molar-refractivity contribution in [3.8, 4) is 5.75 Å². The Morgan fingerprint density at radius 1 is 0.958 bits per heavy atom. The molecule has 1 aromatic rings. The average molecular weight is 337 g/mol. The maximum Gasteiger partial charge on any atom is 0.335 e. The van der Waals surface area contributed by atoms with E-state index < -0.39 is 11.7 Å². The molecule has 0 aliphatic carbocycles. The number of Topliss-reactive ketones (excluding diaryl/α,β-unsaturated/α-hetero) is 1. The first-order valence-electron chi connectivity index (χ1n) is 8.63. The summed E-state index contributed by atoms with van der Waals surface area (Å²) >= 11 is 0. The molecule has 0 fully saturated rings. The van der Waals surface area contributed by atoms with Crippen molar-refractivity contribution in [3.63, 3.8) is 0 Å². The topological polar surface area (TPSA) is 114 Å². The third-order valence-corrected chi connectivity index (χ3v) is 4.04. The maximum atomic E-state index is 12.0. The van der Waals surface area contributed by atoms with E-state index in [1.54, 1.807) is 0 Å². The molecule has 1 aromatic carbocycles. The Bertz CT molecular complexity index is 514. The summed E-state index contributed by atoms with van der Waals surface area (Å²) in [7, 11) is 0. The van der Waals surface area contributed by atoms with Gasteiger partial charge in [-0.25, -0.2) is 4.79 Å². The lowest BCUT2D eigenvalue weighted by atomic mass is 10.0. The molecule has 0 atom stereocenters. The molecule has 0 bridgehead atoms. The van der Waals surface area contributed by atoms with E-state index >= 15 is 0 Å². The third kappa shape index (κ3) is 8.11. The van der Waals surface area contributed by atoms with Crippen molar-refractivity contribution in [2.45, 2.75) is 71.1 Å². The van der Waals surface area contributed by atoms with Gasteiger partial charge in [-0.2, -0.15) is 0 Å². The molecule has 0 radical (unpaired) electrons. The Balaban J connectivity index is 0.00000529. The highest BCUT2D eigenvalue weighted by molar-refractivity contribution is 5.99. The summed E-state index contributed by atoms with van der Waals surface area (Å²) in [6, 6.07) is 3.78. The van der Waals surface area contributed by atoms with Crippen LogP contribution in [0.15, 0.2) is 18.2 Å². The van der Waals surface area contributed by atoms with Crippen LogP contribution in [0.1, 0.15) is 91.8 Å². The van der Waals surface area contributed by atoms with Gasteiger partial charge < -0.3 is 16.4 Å². The van der Waals surface area contributed by atoms with Crippen molar-refractivity contribution in [1.82, 2.24) is 6.15 Å². The van der Waals surface area contributed by atoms with Gasteiger partial charge in [0.25, 0.3) is 0 Å². The number of carboxylic acid groups (broad SMARTS) is 1.